The Hall–Kier alpha value is -2.61. The van der Waals surface area contributed by atoms with Crippen LogP contribution in [0.3, 0.4) is 0 Å². The average molecular weight is 320 g/mol. The van der Waals surface area contributed by atoms with Gasteiger partial charge in [-0.15, -0.1) is 16.4 Å². The van der Waals surface area contributed by atoms with Crippen LogP contribution in [-0.2, 0) is 7.05 Å². The zero-order chi connectivity index (χ0) is 15.7. The Balaban J connectivity index is 1.85. The monoisotopic (exact) mass is 320 g/mol. The van der Waals surface area contributed by atoms with Gasteiger partial charge in [0.2, 0.25) is 5.95 Å². The second kappa shape index (κ2) is 5.64. The smallest absolute Gasteiger partial charge is 0.260 e. The maximum atomic E-state index is 13.6. The fraction of sp³-hybridized carbons (Fsp3) is 0.0714. The molecule has 22 heavy (non-hydrogen) atoms. The fourth-order valence-corrected chi connectivity index (χ4v) is 2.50. The standard InChI is InChI=1S/C14H10F2N4OS/c1-20-14(17-12(19-20)11-3-2-6-22-11)18-13(21)9-5-4-8(15)7-10(9)16/h2-7H,1H3,(H,17,18,19,21). The van der Waals surface area contributed by atoms with Crippen molar-refractivity contribution in [3.63, 3.8) is 0 Å². The summed E-state index contributed by atoms with van der Waals surface area (Å²) < 4.78 is 27.8. The summed E-state index contributed by atoms with van der Waals surface area (Å²) in [6.45, 7) is 0. The average Bonchev–Trinajstić information content (AvgIpc) is 3.09. The van der Waals surface area contributed by atoms with E-state index in [1.165, 1.54) is 16.0 Å². The van der Waals surface area contributed by atoms with Crippen molar-refractivity contribution < 1.29 is 13.6 Å². The molecule has 112 valence electrons. The molecule has 0 unspecified atom stereocenters. The predicted octanol–water partition coefficient (Wildman–Crippen LogP) is 3.07. The molecular formula is C14H10F2N4OS. The third-order valence-corrected chi connectivity index (χ3v) is 3.77. The summed E-state index contributed by atoms with van der Waals surface area (Å²) in [7, 11) is 1.61. The SMILES string of the molecule is Cn1nc(-c2cccs2)nc1NC(=O)c1ccc(F)cc1F. The highest BCUT2D eigenvalue weighted by molar-refractivity contribution is 7.13. The van der Waals surface area contributed by atoms with E-state index in [0.29, 0.717) is 11.9 Å². The largest absolute Gasteiger partial charge is 0.290 e. The summed E-state index contributed by atoms with van der Waals surface area (Å²) in [6.07, 6.45) is 0. The van der Waals surface area contributed by atoms with Crippen LogP contribution in [0.4, 0.5) is 14.7 Å². The van der Waals surface area contributed by atoms with E-state index >= 15 is 0 Å². The molecule has 1 N–H and O–H groups in total. The van der Waals surface area contributed by atoms with Crippen LogP contribution in [0.2, 0.25) is 0 Å². The van der Waals surface area contributed by atoms with Crippen molar-refractivity contribution in [1.29, 1.82) is 0 Å². The van der Waals surface area contributed by atoms with Crippen molar-refractivity contribution in [3.05, 3.63) is 52.9 Å². The lowest BCUT2D eigenvalue weighted by molar-refractivity contribution is 0.102. The highest BCUT2D eigenvalue weighted by Gasteiger charge is 2.16. The Kier molecular flexibility index (Phi) is 3.68. The highest BCUT2D eigenvalue weighted by atomic mass is 32.1. The van der Waals surface area contributed by atoms with Gasteiger partial charge >= 0.3 is 0 Å². The minimum absolute atomic E-state index is 0.178. The van der Waals surface area contributed by atoms with Crippen molar-refractivity contribution in [1.82, 2.24) is 14.8 Å². The molecule has 2 heterocycles. The number of amides is 1. The number of aromatic nitrogens is 3. The van der Waals surface area contributed by atoms with Crippen LogP contribution in [0, 0.1) is 11.6 Å². The van der Waals surface area contributed by atoms with Gasteiger partial charge in [-0.05, 0) is 23.6 Å². The first-order valence-electron chi connectivity index (χ1n) is 6.26. The third-order valence-electron chi connectivity index (χ3n) is 2.91. The second-order valence-corrected chi connectivity index (χ2v) is 5.39. The predicted molar refractivity (Wildman–Crippen MR) is 78.6 cm³/mol. The Labute approximate surface area is 128 Å². The molecule has 0 fully saturated rings. The van der Waals surface area contributed by atoms with Crippen molar-refractivity contribution in [2.24, 2.45) is 7.05 Å². The molecule has 5 nitrogen and oxygen atoms in total. The molecule has 0 saturated carbocycles. The van der Waals surface area contributed by atoms with Gasteiger partial charge in [0, 0.05) is 13.1 Å². The lowest BCUT2D eigenvalue weighted by Gasteiger charge is -2.04. The number of hydrogen-bond acceptors (Lipinski definition) is 4. The van der Waals surface area contributed by atoms with E-state index in [9.17, 15) is 13.6 Å². The molecule has 0 radical (unpaired) electrons. The van der Waals surface area contributed by atoms with E-state index in [1.807, 2.05) is 17.5 Å². The van der Waals surface area contributed by atoms with Gasteiger partial charge in [-0.25, -0.2) is 13.5 Å². The summed E-state index contributed by atoms with van der Waals surface area (Å²) >= 11 is 1.46. The maximum Gasteiger partial charge on any atom is 0.260 e. The van der Waals surface area contributed by atoms with E-state index in [4.69, 9.17) is 0 Å². The number of benzene rings is 1. The molecule has 0 spiro atoms. The number of rotatable bonds is 3. The number of anilines is 1. The van der Waals surface area contributed by atoms with Crippen molar-refractivity contribution in [2.75, 3.05) is 5.32 Å². The van der Waals surface area contributed by atoms with Crippen LogP contribution in [0.1, 0.15) is 10.4 Å². The van der Waals surface area contributed by atoms with Gasteiger partial charge in [-0.3, -0.25) is 10.1 Å². The molecule has 0 saturated heterocycles. The first-order valence-corrected chi connectivity index (χ1v) is 7.14. The molecule has 0 atom stereocenters. The second-order valence-electron chi connectivity index (χ2n) is 4.44. The van der Waals surface area contributed by atoms with Crippen molar-refractivity contribution >= 4 is 23.2 Å². The number of carbonyl (C=O) groups is 1. The molecule has 3 aromatic rings. The molecule has 0 aliphatic heterocycles. The van der Waals surface area contributed by atoms with Gasteiger partial charge in [-0.2, -0.15) is 4.98 Å². The van der Waals surface area contributed by atoms with E-state index in [1.54, 1.807) is 7.05 Å². The van der Waals surface area contributed by atoms with Crippen molar-refractivity contribution in [3.8, 4) is 10.7 Å². The zero-order valence-corrected chi connectivity index (χ0v) is 12.2. The van der Waals surface area contributed by atoms with Gasteiger partial charge < -0.3 is 0 Å². The topological polar surface area (TPSA) is 59.8 Å². The van der Waals surface area contributed by atoms with Crippen LogP contribution in [0.5, 0.6) is 0 Å². The van der Waals surface area contributed by atoms with Crippen LogP contribution in [-0.4, -0.2) is 20.7 Å². The molecule has 0 aliphatic rings. The normalized spacial score (nSPS) is 10.7. The summed E-state index contributed by atoms with van der Waals surface area (Å²) in [4.78, 5) is 17.1. The van der Waals surface area contributed by atoms with E-state index in [2.05, 4.69) is 15.4 Å². The quantitative estimate of drug-likeness (QED) is 0.807. The number of thiophene rings is 1. The first kappa shape index (κ1) is 14.3. The zero-order valence-electron chi connectivity index (χ0n) is 11.4. The number of halogens is 2. The lowest BCUT2D eigenvalue weighted by Crippen LogP contribution is -2.16. The molecule has 8 heteroatoms. The number of nitrogens with zero attached hydrogens (tertiary/aromatic N) is 3. The Morgan fingerprint density at radius 1 is 1.32 bits per heavy atom. The van der Waals surface area contributed by atoms with Gasteiger partial charge in [0.15, 0.2) is 5.82 Å². The number of nitrogens with one attached hydrogen (secondary N) is 1. The molecule has 0 aliphatic carbocycles. The van der Waals surface area contributed by atoms with Crippen LogP contribution in [0.25, 0.3) is 10.7 Å². The molecule has 1 amide bonds. The van der Waals surface area contributed by atoms with E-state index < -0.39 is 17.5 Å². The molecule has 1 aromatic carbocycles. The lowest BCUT2D eigenvalue weighted by atomic mass is 10.2. The molecule has 3 rings (SSSR count). The molecular weight excluding hydrogens is 310 g/mol. The number of hydrogen-bond donors (Lipinski definition) is 1. The minimum Gasteiger partial charge on any atom is -0.290 e. The van der Waals surface area contributed by atoms with Crippen LogP contribution >= 0.6 is 11.3 Å². The van der Waals surface area contributed by atoms with Crippen LogP contribution < -0.4 is 5.32 Å². The Bertz CT molecular complexity index is 829. The summed E-state index contributed by atoms with van der Waals surface area (Å²) in [5.41, 5.74) is -0.262. The van der Waals surface area contributed by atoms with Gasteiger partial charge in [0.1, 0.15) is 11.6 Å². The molecule has 0 bridgehead atoms. The van der Waals surface area contributed by atoms with Gasteiger partial charge in [0.25, 0.3) is 5.91 Å². The first-order chi connectivity index (χ1) is 10.5. The maximum absolute atomic E-state index is 13.6. The Morgan fingerprint density at radius 2 is 2.14 bits per heavy atom. The van der Waals surface area contributed by atoms with Gasteiger partial charge in [-0.1, -0.05) is 6.07 Å². The van der Waals surface area contributed by atoms with Crippen LogP contribution in [0.15, 0.2) is 35.7 Å². The Morgan fingerprint density at radius 3 is 2.82 bits per heavy atom. The summed E-state index contributed by atoms with van der Waals surface area (Å²) in [5.74, 6) is -1.75. The highest BCUT2D eigenvalue weighted by Crippen LogP contribution is 2.22. The van der Waals surface area contributed by atoms with E-state index in [0.717, 1.165) is 17.0 Å². The minimum atomic E-state index is -0.932. The summed E-state index contributed by atoms with van der Waals surface area (Å²) in [5, 5.41) is 8.53. The van der Waals surface area contributed by atoms with E-state index in [-0.39, 0.29) is 11.5 Å². The van der Waals surface area contributed by atoms with Crippen molar-refractivity contribution in [2.45, 2.75) is 0 Å². The number of carbonyl (C=O) groups excluding carboxylic acids is 1. The summed E-state index contributed by atoms with van der Waals surface area (Å²) in [6, 6.07) is 6.47. The molecule has 2 aromatic heterocycles. The van der Waals surface area contributed by atoms with Gasteiger partial charge in [0.05, 0.1) is 10.4 Å². The third kappa shape index (κ3) is 2.73. The fourth-order valence-electron chi connectivity index (χ4n) is 1.85. The number of aryl methyl sites for hydroxylation is 1.